The van der Waals surface area contributed by atoms with Crippen LogP contribution in [0, 0.1) is 0 Å². The molecule has 0 radical (unpaired) electrons. The summed E-state index contributed by atoms with van der Waals surface area (Å²) in [4.78, 5) is 19.3. The summed E-state index contributed by atoms with van der Waals surface area (Å²) in [5, 5.41) is 3.35. The number of nitrogens with one attached hydrogen (secondary N) is 1. The molecule has 5 nitrogen and oxygen atoms in total. The summed E-state index contributed by atoms with van der Waals surface area (Å²) in [6.07, 6.45) is 9.01. The van der Waals surface area contributed by atoms with Crippen molar-refractivity contribution < 1.29 is 9.53 Å². The Bertz CT molecular complexity index is 1160. The lowest BCUT2D eigenvalue weighted by molar-refractivity contribution is 0.0972. The van der Waals surface area contributed by atoms with Gasteiger partial charge in [0.1, 0.15) is 12.4 Å². The number of aromatic nitrogens is 1. The maximum Gasteiger partial charge on any atom is 0.163 e. The van der Waals surface area contributed by atoms with Gasteiger partial charge in [-0.2, -0.15) is 0 Å². The van der Waals surface area contributed by atoms with Gasteiger partial charge in [-0.1, -0.05) is 36.4 Å². The first-order valence-electron chi connectivity index (χ1n) is 12.2. The lowest BCUT2D eigenvalue weighted by atomic mass is 9.85. The second-order valence-corrected chi connectivity index (χ2v) is 8.94. The van der Waals surface area contributed by atoms with E-state index in [2.05, 4.69) is 51.7 Å². The second kappa shape index (κ2) is 10.6. The molecule has 0 atom stereocenters. The zero-order valence-electron chi connectivity index (χ0n) is 19.5. The molecule has 0 saturated heterocycles. The van der Waals surface area contributed by atoms with Gasteiger partial charge in [0, 0.05) is 42.2 Å². The van der Waals surface area contributed by atoms with Crippen LogP contribution in [0.5, 0.6) is 5.75 Å². The van der Waals surface area contributed by atoms with E-state index in [9.17, 15) is 4.79 Å². The van der Waals surface area contributed by atoms with Crippen molar-refractivity contribution in [1.29, 1.82) is 0 Å². The molecular weight excluding hydrogens is 422 g/mol. The van der Waals surface area contributed by atoms with E-state index >= 15 is 0 Å². The van der Waals surface area contributed by atoms with Crippen LogP contribution in [0.1, 0.15) is 45.6 Å². The first-order valence-corrected chi connectivity index (χ1v) is 12.2. The lowest BCUT2D eigenvalue weighted by Crippen LogP contribution is -2.29. The molecule has 0 fully saturated rings. The predicted molar refractivity (Wildman–Crippen MR) is 134 cm³/mol. The fourth-order valence-corrected chi connectivity index (χ4v) is 4.91. The highest BCUT2D eigenvalue weighted by Gasteiger charge is 2.23. The Morgan fingerprint density at radius 3 is 2.71 bits per heavy atom. The Labute approximate surface area is 201 Å². The number of fused-ring (bicyclic) bond motifs is 1. The molecule has 2 aromatic carbocycles. The number of carbonyl (C=O) groups excluding carboxylic acids is 1. The van der Waals surface area contributed by atoms with Gasteiger partial charge in [-0.25, -0.2) is 0 Å². The highest BCUT2D eigenvalue weighted by Crippen LogP contribution is 2.32. The van der Waals surface area contributed by atoms with Crippen LogP contribution in [-0.4, -0.2) is 35.5 Å². The number of ketones is 1. The third-order valence-electron chi connectivity index (χ3n) is 6.68. The molecule has 1 aliphatic heterocycles. The molecule has 0 spiro atoms. The number of pyridine rings is 1. The molecule has 0 bridgehead atoms. The smallest absolute Gasteiger partial charge is 0.163 e. The molecule has 0 saturated carbocycles. The van der Waals surface area contributed by atoms with Gasteiger partial charge in [0.2, 0.25) is 0 Å². The molecular formula is C29H31N3O2. The normalized spacial score (nSPS) is 15.0. The molecule has 1 aromatic heterocycles. The molecule has 2 aliphatic rings. The Kier molecular flexibility index (Phi) is 6.89. The minimum atomic E-state index is 0.255. The molecule has 5 rings (SSSR count). The first-order chi connectivity index (χ1) is 16.8. The third kappa shape index (κ3) is 5.14. The number of aryl methyl sites for hydroxylation is 1. The largest absolute Gasteiger partial charge is 0.491 e. The van der Waals surface area contributed by atoms with Gasteiger partial charge in [-0.15, -0.1) is 0 Å². The van der Waals surface area contributed by atoms with Crippen LogP contribution in [0.15, 0.2) is 78.8 Å². The first kappa shape index (κ1) is 22.2. The van der Waals surface area contributed by atoms with Crippen LogP contribution in [0.3, 0.4) is 0 Å². The van der Waals surface area contributed by atoms with Gasteiger partial charge in [0.25, 0.3) is 0 Å². The molecule has 0 amide bonds. The van der Waals surface area contributed by atoms with Gasteiger partial charge in [-0.05, 0) is 66.6 Å². The summed E-state index contributed by atoms with van der Waals surface area (Å²) in [6, 6.07) is 20.5. The minimum Gasteiger partial charge on any atom is -0.491 e. The van der Waals surface area contributed by atoms with E-state index in [0.29, 0.717) is 13.0 Å². The van der Waals surface area contributed by atoms with Gasteiger partial charge in [-0.3, -0.25) is 9.78 Å². The number of hydrogen-bond donors (Lipinski definition) is 1. The van der Waals surface area contributed by atoms with Crippen molar-refractivity contribution >= 4 is 5.78 Å². The summed E-state index contributed by atoms with van der Waals surface area (Å²) in [7, 11) is 0. The van der Waals surface area contributed by atoms with Crippen molar-refractivity contribution in [3.8, 4) is 5.75 Å². The average molecular weight is 454 g/mol. The summed E-state index contributed by atoms with van der Waals surface area (Å²) >= 11 is 0. The van der Waals surface area contributed by atoms with Crippen molar-refractivity contribution in [2.45, 2.75) is 38.5 Å². The number of carbonyl (C=O) groups is 1. The van der Waals surface area contributed by atoms with E-state index in [1.165, 1.54) is 22.4 Å². The van der Waals surface area contributed by atoms with E-state index in [4.69, 9.17) is 4.74 Å². The van der Waals surface area contributed by atoms with E-state index < -0.39 is 0 Å². The molecule has 5 heteroatoms. The Morgan fingerprint density at radius 2 is 1.85 bits per heavy atom. The highest BCUT2D eigenvalue weighted by molar-refractivity contribution is 5.99. The Hall–Kier alpha value is -3.60. The lowest BCUT2D eigenvalue weighted by Gasteiger charge is -2.24. The van der Waals surface area contributed by atoms with E-state index in [1.807, 2.05) is 36.5 Å². The van der Waals surface area contributed by atoms with Crippen molar-refractivity contribution in [3.63, 3.8) is 0 Å². The number of benzene rings is 2. The summed E-state index contributed by atoms with van der Waals surface area (Å²) in [5.74, 6) is 1.16. The average Bonchev–Trinajstić information content (AvgIpc) is 3.31. The number of nitrogens with zero attached hydrogens (tertiary/aromatic N) is 2. The quantitative estimate of drug-likeness (QED) is 0.509. The fraction of sp³-hybridized carbons (Fsp3) is 0.310. The Balaban J connectivity index is 1.27. The fourth-order valence-electron chi connectivity index (χ4n) is 4.91. The van der Waals surface area contributed by atoms with E-state index in [-0.39, 0.29) is 5.78 Å². The molecule has 174 valence electrons. The van der Waals surface area contributed by atoms with Crippen LogP contribution < -0.4 is 10.1 Å². The minimum absolute atomic E-state index is 0.255. The van der Waals surface area contributed by atoms with Crippen LogP contribution in [0.4, 0.5) is 0 Å². The van der Waals surface area contributed by atoms with Crippen LogP contribution >= 0.6 is 0 Å². The van der Waals surface area contributed by atoms with Gasteiger partial charge in [0.15, 0.2) is 5.78 Å². The highest BCUT2D eigenvalue weighted by atomic mass is 16.5. The summed E-state index contributed by atoms with van der Waals surface area (Å²) in [5.41, 5.74) is 6.88. The standard InChI is InChI=1S/C29H31N3O2/c33-28-11-6-10-25-26(28)14-15-29(27(25)13-12-23-9-4-5-16-31-23)34-18-17-32-21-30-20-24(32)19-22-7-2-1-3-8-22/h1-5,7-9,14-16,20,30H,6,10-13,17-19,21H2. The summed E-state index contributed by atoms with van der Waals surface area (Å²) < 4.78 is 6.36. The number of ether oxygens (including phenoxy) is 1. The number of hydrogen-bond acceptors (Lipinski definition) is 5. The van der Waals surface area contributed by atoms with Crippen LogP contribution in [0.25, 0.3) is 0 Å². The monoisotopic (exact) mass is 453 g/mol. The van der Waals surface area contributed by atoms with Gasteiger partial charge in [0.05, 0.1) is 13.2 Å². The van der Waals surface area contributed by atoms with E-state index in [0.717, 1.165) is 62.3 Å². The second-order valence-electron chi connectivity index (χ2n) is 8.94. The molecule has 3 aromatic rings. The Morgan fingerprint density at radius 1 is 0.971 bits per heavy atom. The van der Waals surface area contributed by atoms with Crippen molar-refractivity contribution in [2.75, 3.05) is 19.8 Å². The molecule has 2 heterocycles. The van der Waals surface area contributed by atoms with Crippen molar-refractivity contribution in [1.82, 2.24) is 15.2 Å². The molecule has 1 aliphatic carbocycles. The molecule has 1 N–H and O–H groups in total. The van der Waals surface area contributed by atoms with Gasteiger partial charge < -0.3 is 15.0 Å². The summed E-state index contributed by atoms with van der Waals surface area (Å²) in [6.45, 7) is 2.20. The number of Topliss-reactive ketones (excluding diaryl/α,β-unsaturated/α-hetero) is 1. The van der Waals surface area contributed by atoms with Crippen molar-refractivity contribution in [2.24, 2.45) is 0 Å². The van der Waals surface area contributed by atoms with Crippen LogP contribution in [-0.2, 0) is 25.7 Å². The van der Waals surface area contributed by atoms with E-state index in [1.54, 1.807) is 0 Å². The van der Waals surface area contributed by atoms with Crippen molar-refractivity contribution in [3.05, 3.63) is 107 Å². The van der Waals surface area contributed by atoms with Crippen LogP contribution in [0.2, 0.25) is 0 Å². The third-order valence-corrected chi connectivity index (χ3v) is 6.68. The zero-order chi connectivity index (χ0) is 23.2. The molecule has 34 heavy (non-hydrogen) atoms. The predicted octanol–water partition coefficient (Wildman–Crippen LogP) is 4.71. The maximum absolute atomic E-state index is 12.5. The number of rotatable bonds is 9. The van der Waals surface area contributed by atoms with Gasteiger partial charge >= 0.3 is 0 Å². The molecule has 0 unspecified atom stereocenters. The zero-order valence-corrected chi connectivity index (χ0v) is 19.5. The number of allylic oxidation sites excluding steroid dienone is 1. The maximum atomic E-state index is 12.5. The topological polar surface area (TPSA) is 54.5 Å². The SMILES string of the molecule is O=C1CCCc2c1ccc(OCCN1CNC=C1Cc1ccccc1)c2CCc1ccccn1.